The third kappa shape index (κ3) is 15.7. The minimum atomic E-state index is 1.06. The predicted octanol–water partition coefficient (Wildman–Crippen LogP) is 5.69. The molecule has 0 heterocycles. The van der Waals surface area contributed by atoms with E-state index >= 15 is 0 Å². The van der Waals surface area contributed by atoms with Gasteiger partial charge in [0.15, 0.2) is 0 Å². The van der Waals surface area contributed by atoms with Crippen LogP contribution >= 0.6 is 0 Å². The summed E-state index contributed by atoms with van der Waals surface area (Å²) in [6.07, 6.45) is 6.07. The van der Waals surface area contributed by atoms with Crippen LogP contribution in [0.25, 0.3) is 0 Å². The summed E-state index contributed by atoms with van der Waals surface area (Å²) in [6.45, 7) is 21.6. The summed E-state index contributed by atoms with van der Waals surface area (Å²) in [5, 5.41) is 0. The second kappa shape index (κ2) is 15.4. The average Bonchev–Trinajstić information content (AvgIpc) is 2.24. The minimum absolute atomic E-state index is 1.06. The second-order valence-electron chi connectivity index (χ2n) is 2.70. The van der Waals surface area contributed by atoms with Gasteiger partial charge in [0.2, 0.25) is 0 Å². The fourth-order valence-electron chi connectivity index (χ4n) is 0.717. The Labute approximate surface area is 97.1 Å². The Bertz CT molecular complexity index is 214. The molecular weight excluding hydrogens is 180 g/mol. The average molecular weight is 208 g/mol. The summed E-state index contributed by atoms with van der Waals surface area (Å²) in [6, 6.07) is 0. The summed E-state index contributed by atoms with van der Waals surface area (Å²) < 4.78 is 0. The van der Waals surface area contributed by atoms with Crippen molar-refractivity contribution in [1.82, 2.24) is 0 Å². The van der Waals surface area contributed by atoms with Crippen molar-refractivity contribution in [1.29, 1.82) is 0 Å². The molecular formula is C15H28. The molecule has 0 aliphatic rings. The van der Waals surface area contributed by atoms with Gasteiger partial charge in [0.05, 0.1) is 0 Å². The van der Waals surface area contributed by atoms with Crippen LogP contribution in [-0.4, -0.2) is 0 Å². The summed E-state index contributed by atoms with van der Waals surface area (Å²) in [5.41, 5.74) is 3.32. The van der Waals surface area contributed by atoms with Crippen molar-refractivity contribution >= 4 is 0 Å². The standard InChI is InChI=1S/C11H16.2C2H6/c1-6-11(10(4)5)8-7-9(2)3;2*1-2/h6-8H,2,4H2,1,3,5H3;2*1-2H3/b8-7-,11-6+;;. The highest BCUT2D eigenvalue weighted by Gasteiger charge is 1.88. The van der Waals surface area contributed by atoms with Crippen molar-refractivity contribution in [2.75, 3.05) is 0 Å². The van der Waals surface area contributed by atoms with E-state index in [1.165, 1.54) is 5.57 Å². The Morgan fingerprint density at radius 3 is 1.47 bits per heavy atom. The van der Waals surface area contributed by atoms with E-state index in [4.69, 9.17) is 0 Å². The lowest BCUT2D eigenvalue weighted by Crippen LogP contribution is -1.77. The zero-order chi connectivity index (χ0) is 12.9. The molecule has 0 atom stereocenters. The third-order valence-electron chi connectivity index (χ3n) is 1.35. The van der Waals surface area contributed by atoms with E-state index in [0.717, 1.165) is 11.1 Å². The van der Waals surface area contributed by atoms with Crippen LogP contribution in [0.1, 0.15) is 48.5 Å². The van der Waals surface area contributed by atoms with E-state index in [2.05, 4.69) is 13.2 Å². The fourth-order valence-corrected chi connectivity index (χ4v) is 0.717. The molecule has 0 bridgehead atoms. The van der Waals surface area contributed by atoms with Crippen LogP contribution < -0.4 is 0 Å². The Morgan fingerprint density at radius 2 is 1.27 bits per heavy atom. The fraction of sp³-hybridized carbons (Fsp3) is 0.467. The van der Waals surface area contributed by atoms with Gasteiger partial charge in [0.1, 0.15) is 0 Å². The normalized spacial score (nSPS) is 9.67. The summed E-state index contributed by atoms with van der Waals surface area (Å²) in [5.74, 6) is 0. The van der Waals surface area contributed by atoms with Crippen LogP contribution in [-0.2, 0) is 0 Å². The smallest absolute Gasteiger partial charge is 0.0276 e. The zero-order valence-electron chi connectivity index (χ0n) is 11.6. The molecule has 0 heteroatoms. The lowest BCUT2D eigenvalue weighted by molar-refractivity contribution is 1.41. The molecule has 0 spiro atoms. The van der Waals surface area contributed by atoms with E-state index in [1.54, 1.807) is 0 Å². The van der Waals surface area contributed by atoms with Crippen LogP contribution in [0.2, 0.25) is 0 Å². The molecule has 15 heavy (non-hydrogen) atoms. The van der Waals surface area contributed by atoms with Crippen molar-refractivity contribution in [2.24, 2.45) is 0 Å². The summed E-state index contributed by atoms with van der Waals surface area (Å²) in [7, 11) is 0. The van der Waals surface area contributed by atoms with Gasteiger partial charge in [0.25, 0.3) is 0 Å². The predicted molar refractivity (Wildman–Crippen MR) is 75.2 cm³/mol. The highest BCUT2D eigenvalue weighted by molar-refractivity contribution is 5.38. The highest BCUT2D eigenvalue weighted by atomic mass is 13.9. The largest absolute Gasteiger partial charge is 0.0961 e. The van der Waals surface area contributed by atoms with Crippen molar-refractivity contribution in [3.63, 3.8) is 0 Å². The maximum Gasteiger partial charge on any atom is -0.0276 e. The van der Waals surface area contributed by atoms with Crippen LogP contribution in [0.4, 0.5) is 0 Å². The third-order valence-corrected chi connectivity index (χ3v) is 1.35. The van der Waals surface area contributed by atoms with E-state index in [9.17, 15) is 0 Å². The van der Waals surface area contributed by atoms with Gasteiger partial charge in [-0.15, -0.1) is 0 Å². The molecule has 0 aromatic heterocycles. The van der Waals surface area contributed by atoms with Crippen LogP contribution in [0, 0.1) is 0 Å². The first kappa shape index (κ1) is 19.5. The van der Waals surface area contributed by atoms with Gasteiger partial charge in [-0.25, -0.2) is 0 Å². The maximum atomic E-state index is 3.86. The quantitative estimate of drug-likeness (QED) is 0.522. The Balaban J connectivity index is -0.000000318. The van der Waals surface area contributed by atoms with Gasteiger partial charge in [-0.2, -0.15) is 0 Å². The van der Waals surface area contributed by atoms with Crippen molar-refractivity contribution in [2.45, 2.75) is 48.5 Å². The van der Waals surface area contributed by atoms with Gasteiger partial charge in [0, 0.05) is 0 Å². The van der Waals surface area contributed by atoms with E-state index in [-0.39, 0.29) is 0 Å². The van der Waals surface area contributed by atoms with Crippen molar-refractivity contribution in [3.8, 4) is 0 Å². The topological polar surface area (TPSA) is 0 Å². The molecule has 0 radical (unpaired) electrons. The minimum Gasteiger partial charge on any atom is -0.0961 e. The monoisotopic (exact) mass is 208 g/mol. The molecule has 0 saturated heterocycles. The summed E-state index contributed by atoms with van der Waals surface area (Å²) in [4.78, 5) is 0. The van der Waals surface area contributed by atoms with Crippen LogP contribution in [0.5, 0.6) is 0 Å². The van der Waals surface area contributed by atoms with Gasteiger partial charge in [-0.1, -0.05) is 70.2 Å². The van der Waals surface area contributed by atoms with Gasteiger partial charge in [-0.3, -0.25) is 0 Å². The Kier molecular flexibility index (Phi) is 20.1. The molecule has 0 saturated carbocycles. The Hall–Kier alpha value is -1.04. The first-order valence-corrected chi connectivity index (χ1v) is 5.73. The molecule has 0 N–H and O–H groups in total. The molecule has 0 aliphatic heterocycles. The van der Waals surface area contributed by atoms with Crippen LogP contribution in [0.3, 0.4) is 0 Å². The van der Waals surface area contributed by atoms with Gasteiger partial charge >= 0.3 is 0 Å². The highest BCUT2D eigenvalue weighted by Crippen LogP contribution is 2.08. The zero-order valence-corrected chi connectivity index (χ0v) is 11.6. The van der Waals surface area contributed by atoms with E-state index in [1.807, 2.05) is 66.7 Å². The summed E-state index contributed by atoms with van der Waals surface area (Å²) >= 11 is 0. The molecule has 88 valence electrons. The number of allylic oxidation sites excluding steroid dienone is 6. The first-order chi connectivity index (χ1) is 7.07. The molecule has 0 fully saturated rings. The van der Waals surface area contributed by atoms with Crippen molar-refractivity contribution < 1.29 is 0 Å². The molecule has 0 aliphatic carbocycles. The lowest BCUT2D eigenvalue weighted by Gasteiger charge is -1.97. The van der Waals surface area contributed by atoms with Crippen LogP contribution in [0.15, 0.2) is 48.1 Å². The first-order valence-electron chi connectivity index (χ1n) is 5.73. The molecule has 0 aromatic rings. The molecule has 0 unspecified atom stereocenters. The lowest BCUT2D eigenvalue weighted by atomic mass is 10.1. The molecule has 0 amide bonds. The van der Waals surface area contributed by atoms with E-state index in [0.29, 0.717) is 0 Å². The maximum absolute atomic E-state index is 3.86. The Morgan fingerprint density at radius 1 is 0.867 bits per heavy atom. The van der Waals surface area contributed by atoms with E-state index < -0.39 is 0 Å². The SMILES string of the molecule is C=C(C)/C=C\C(=C/C)C(=C)C.CC.CC. The molecule has 0 rings (SSSR count). The number of rotatable bonds is 3. The number of hydrogen-bond acceptors (Lipinski definition) is 0. The second-order valence-corrected chi connectivity index (χ2v) is 2.70. The molecule has 0 nitrogen and oxygen atoms in total. The van der Waals surface area contributed by atoms with Gasteiger partial charge < -0.3 is 0 Å². The van der Waals surface area contributed by atoms with Gasteiger partial charge in [-0.05, 0) is 26.3 Å². The van der Waals surface area contributed by atoms with Crippen molar-refractivity contribution in [3.05, 3.63) is 48.1 Å². The molecule has 0 aromatic carbocycles. The number of hydrogen-bond donors (Lipinski definition) is 0.